The molecule has 17 heavy (non-hydrogen) atoms. The molecule has 1 heterocycles. The van der Waals surface area contributed by atoms with Gasteiger partial charge in [-0.05, 0) is 45.3 Å². The number of hydrogen-bond acceptors (Lipinski definition) is 3. The van der Waals surface area contributed by atoms with Gasteiger partial charge >= 0.3 is 5.97 Å². The number of primary amides is 1. The summed E-state index contributed by atoms with van der Waals surface area (Å²) in [6.07, 6.45) is 4.75. The molecule has 5 heteroatoms. The Kier molecular flexibility index (Phi) is 5.97. The van der Waals surface area contributed by atoms with Crippen molar-refractivity contribution < 1.29 is 14.7 Å². The molecule has 0 saturated carbocycles. The van der Waals surface area contributed by atoms with Crippen LogP contribution in [0.1, 0.15) is 38.5 Å². The molecule has 1 aliphatic rings. The number of aliphatic carboxylic acids is 1. The van der Waals surface area contributed by atoms with Crippen molar-refractivity contribution in [2.24, 2.45) is 11.7 Å². The Bertz CT molecular complexity index is 260. The maximum atomic E-state index is 11.0. The number of hydrogen-bond donors (Lipinski definition) is 2. The van der Waals surface area contributed by atoms with Crippen LogP contribution < -0.4 is 5.73 Å². The number of carboxylic acids is 1. The van der Waals surface area contributed by atoms with E-state index in [4.69, 9.17) is 10.8 Å². The van der Waals surface area contributed by atoms with E-state index in [1.54, 1.807) is 0 Å². The topological polar surface area (TPSA) is 83.6 Å². The van der Waals surface area contributed by atoms with Gasteiger partial charge in [0.25, 0.3) is 0 Å². The van der Waals surface area contributed by atoms with Gasteiger partial charge in [0.1, 0.15) is 0 Å². The molecule has 0 aromatic heterocycles. The van der Waals surface area contributed by atoms with Crippen LogP contribution >= 0.6 is 0 Å². The molecule has 98 valence electrons. The monoisotopic (exact) mass is 242 g/mol. The molecule has 0 spiro atoms. The standard InChI is InChI=1S/C12H22N2O3/c13-12(17)10-5-8-14(9-6-10)7-3-1-2-4-11(15)16/h10H,1-9H2,(H2,13,17)(H,15,16). The van der Waals surface area contributed by atoms with Gasteiger partial charge < -0.3 is 15.7 Å². The molecule has 0 aromatic carbocycles. The zero-order valence-corrected chi connectivity index (χ0v) is 10.2. The Hall–Kier alpha value is -1.10. The van der Waals surface area contributed by atoms with Crippen LogP contribution in [0.5, 0.6) is 0 Å². The van der Waals surface area contributed by atoms with Crippen LogP contribution in [0, 0.1) is 5.92 Å². The number of rotatable bonds is 7. The molecule has 1 fully saturated rings. The summed E-state index contributed by atoms with van der Waals surface area (Å²) in [6.45, 7) is 2.88. The van der Waals surface area contributed by atoms with Gasteiger partial charge in [-0.15, -0.1) is 0 Å². The number of piperidine rings is 1. The van der Waals surface area contributed by atoms with E-state index in [2.05, 4.69) is 4.90 Å². The first-order valence-corrected chi connectivity index (χ1v) is 6.33. The van der Waals surface area contributed by atoms with E-state index in [0.717, 1.165) is 51.7 Å². The first-order chi connectivity index (χ1) is 8.09. The maximum absolute atomic E-state index is 11.0. The number of nitrogens with zero attached hydrogens (tertiary/aromatic N) is 1. The molecular formula is C12H22N2O3. The molecule has 0 aliphatic carbocycles. The number of carbonyl (C=O) groups excluding carboxylic acids is 1. The average Bonchev–Trinajstić information content (AvgIpc) is 2.29. The molecule has 0 atom stereocenters. The first-order valence-electron chi connectivity index (χ1n) is 6.33. The summed E-state index contributed by atoms with van der Waals surface area (Å²) >= 11 is 0. The van der Waals surface area contributed by atoms with E-state index >= 15 is 0 Å². The molecule has 0 radical (unpaired) electrons. The number of carboxylic acid groups (broad SMARTS) is 1. The summed E-state index contributed by atoms with van der Waals surface area (Å²) in [7, 11) is 0. The van der Waals surface area contributed by atoms with Crippen LogP contribution in [-0.2, 0) is 9.59 Å². The Morgan fingerprint density at radius 3 is 2.35 bits per heavy atom. The summed E-state index contributed by atoms with van der Waals surface area (Å²) in [4.78, 5) is 23.6. The number of amides is 1. The lowest BCUT2D eigenvalue weighted by molar-refractivity contribution is -0.137. The van der Waals surface area contributed by atoms with Gasteiger partial charge in [-0.25, -0.2) is 0 Å². The zero-order valence-electron chi connectivity index (χ0n) is 10.2. The van der Waals surface area contributed by atoms with Crippen molar-refractivity contribution in [2.75, 3.05) is 19.6 Å². The van der Waals surface area contributed by atoms with E-state index < -0.39 is 5.97 Å². The lowest BCUT2D eigenvalue weighted by atomic mass is 9.96. The van der Waals surface area contributed by atoms with Crippen molar-refractivity contribution in [3.05, 3.63) is 0 Å². The molecule has 1 saturated heterocycles. The summed E-state index contributed by atoms with van der Waals surface area (Å²) in [5.41, 5.74) is 5.27. The fourth-order valence-electron chi connectivity index (χ4n) is 2.23. The number of carbonyl (C=O) groups is 2. The maximum Gasteiger partial charge on any atom is 0.303 e. The third kappa shape index (κ3) is 5.68. The Morgan fingerprint density at radius 2 is 1.82 bits per heavy atom. The van der Waals surface area contributed by atoms with E-state index in [1.807, 2.05) is 0 Å². The SMILES string of the molecule is NC(=O)C1CCN(CCCCCC(=O)O)CC1. The molecule has 1 aliphatic heterocycles. The van der Waals surface area contributed by atoms with Crippen molar-refractivity contribution in [1.82, 2.24) is 4.90 Å². The summed E-state index contributed by atoms with van der Waals surface area (Å²) in [5, 5.41) is 8.49. The van der Waals surface area contributed by atoms with Gasteiger partial charge in [0.15, 0.2) is 0 Å². The predicted molar refractivity (Wildman–Crippen MR) is 64.5 cm³/mol. The van der Waals surface area contributed by atoms with Crippen LogP contribution in [0.3, 0.4) is 0 Å². The van der Waals surface area contributed by atoms with Gasteiger partial charge in [-0.3, -0.25) is 9.59 Å². The Labute approximate surface area is 102 Å². The molecule has 0 aromatic rings. The smallest absolute Gasteiger partial charge is 0.303 e. The largest absolute Gasteiger partial charge is 0.481 e. The van der Waals surface area contributed by atoms with E-state index in [0.29, 0.717) is 0 Å². The first kappa shape index (κ1) is 14.0. The summed E-state index contributed by atoms with van der Waals surface area (Å²) < 4.78 is 0. The van der Waals surface area contributed by atoms with E-state index in [9.17, 15) is 9.59 Å². The second-order valence-electron chi connectivity index (χ2n) is 4.72. The minimum absolute atomic E-state index is 0.0539. The highest BCUT2D eigenvalue weighted by atomic mass is 16.4. The van der Waals surface area contributed by atoms with Gasteiger partial charge in [-0.1, -0.05) is 6.42 Å². The fourth-order valence-corrected chi connectivity index (χ4v) is 2.23. The van der Waals surface area contributed by atoms with Crippen molar-refractivity contribution in [1.29, 1.82) is 0 Å². The minimum atomic E-state index is -0.715. The second kappa shape index (κ2) is 7.27. The second-order valence-corrected chi connectivity index (χ2v) is 4.72. The molecule has 0 unspecified atom stereocenters. The predicted octanol–water partition coefficient (Wildman–Crippen LogP) is 0.829. The normalized spacial score (nSPS) is 18.1. The van der Waals surface area contributed by atoms with Crippen LogP contribution in [-0.4, -0.2) is 41.5 Å². The molecule has 5 nitrogen and oxygen atoms in total. The summed E-state index contributed by atoms with van der Waals surface area (Å²) in [6, 6.07) is 0. The number of nitrogens with two attached hydrogens (primary N) is 1. The lowest BCUT2D eigenvalue weighted by Crippen LogP contribution is -2.38. The zero-order chi connectivity index (χ0) is 12.7. The minimum Gasteiger partial charge on any atom is -0.481 e. The van der Waals surface area contributed by atoms with Gasteiger partial charge in [0, 0.05) is 12.3 Å². The third-order valence-corrected chi connectivity index (χ3v) is 3.35. The van der Waals surface area contributed by atoms with Crippen LogP contribution in [0.25, 0.3) is 0 Å². The molecule has 3 N–H and O–H groups in total. The highest BCUT2D eigenvalue weighted by Gasteiger charge is 2.22. The highest BCUT2D eigenvalue weighted by molar-refractivity contribution is 5.76. The van der Waals surface area contributed by atoms with Crippen LogP contribution in [0.15, 0.2) is 0 Å². The number of unbranched alkanes of at least 4 members (excludes halogenated alkanes) is 2. The number of likely N-dealkylation sites (tertiary alicyclic amines) is 1. The van der Waals surface area contributed by atoms with E-state index in [1.165, 1.54) is 0 Å². The van der Waals surface area contributed by atoms with Gasteiger partial charge in [0.2, 0.25) is 5.91 Å². The molecule has 1 amide bonds. The van der Waals surface area contributed by atoms with Crippen molar-refractivity contribution >= 4 is 11.9 Å². The van der Waals surface area contributed by atoms with Crippen molar-refractivity contribution in [2.45, 2.75) is 38.5 Å². The van der Waals surface area contributed by atoms with Crippen molar-refractivity contribution in [3.63, 3.8) is 0 Å². The highest BCUT2D eigenvalue weighted by Crippen LogP contribution is 2.17. The van der Waals surface area contributed by atoms with Crippen LogP contribution in [0.4, 0.5) is 0 Å². The van der Waals surface area contributed by atoms with Crippen LogP contribution in [0.2, 0.25) is 0 Å². The lowest BCUT2D eigenvalue weighted by Gasteiger charge is -2.30. The van der Waals surface area contributed by atoms with Crippen molar-refractivity contribution in [3.8, 4) is 0 Å². The summed E-state index contributed by atoms with van der Waals surface area (Å²) in [5.74, 6) is -0.836. The van der Waals surface area contributed by atoms with E-state index in [-0.39, 0.29) is 18.2 Å². The third-order valence-electron chi connectivity index (χ3n) is 3.35. The molecule has 1 rings (SSSR count). The quantitative estimate of drug-likeness (QED) is 0.648. The van der Waals surface area contributed by atoms with Gasteiger partial charge in [-0.2, -0.15) is 0 Å². The van der Waals surface area contributed by atoms with Gasteiger partial charge in [0.05, 0.1) is 0 Å². The average molecular weight is 242 g/mol. The Balaban J connectivity index is 2.02. The molecular weight excluding hydrogens is 220 g/mol. The Morgan fingerprint density at radius 1 is 1.18 bits per heavy atom. The molecule has 0 bridgehead atoms. The fraction of sp³-hybridized carbons (Fsp3) is 0.833.